The normalized spacial score (nSPS) is 17.7. The van der Waals surface area contributed by atoms with Crippen molar-refractivity contribution in [2.24, 2.45) is 0 Å². The van der Waals surface area contributed by atoms with Crippen LogP contribution in [0.2, 0.25) is 5.02 Å². The van der Waals surface area contributed by atoms with Crippen LogP contribution in [0.15, 0.2) is 54.6 Å². The molecule has 0 spiro atoms. The van der Waals surface area contributed by atoms with Gasteiger partial charge in [0.25, 0.3) is 0 Å². The SMILES string of the molecule is O=C(CNS(=O)(=O)Cc1cccc(Cl)c1)N1CCOC(c2ccccc2)C1. The summed E-state index contributed by atoms with van der Waals surface area (Å²) in [5.41, 5.74) is 1.56. The molecule has 1 aliphatic heterocycles. The molecule has 27 heavy (non-hydrogen) atoms. The lowest BCUT2D eigenvalue weighted by atomic mass is 10.1. The zero-order chi connectivity index (χ0) is 19.3. The number of nitrogens with one attached hydrogen (secondary N) is 1. The van der Waals surface area contributed by atoms with Gasteiger partial charge in [-0.05, 0) is 23.3 Å². The molecule has 2 aromatic rings. The third-order valence-electron chi connectivity index (χ3n) is 4.28. The number of benzene rings is 2. The van der Waals surface area contributed by atoms with Crippen LogP contribution in [0, 0.1) is 0 Å². The van der Waals surface area contributed by atoms with E-state index < -0.39 is 10.0 Å². The van der Waals surface area contributed by atoms with Gasteiger partial charge in [0.2, 0.25) is 15.9 Å². The highest BCUT2D eigenvalue weighted by atomic mass is 35.5. The van der Waals surface area contributed by atoms with Crippen LogP contribution in [-0.2, 0) is 25.3 Å². The van der Waals surface area contributed by atoms with Crippen molar-refractivity contribution in [2.75, 3.05) is 26.2 Å². The van der Waals surface area contributed by atoms with E-state index in [1.807, 2.05) is 30.3 Å². The van der Waals surface area contributed by atoms with Gasteiger partial charge >= 0.3 is 0 Å². The van der Waals surface area contributed by atoms with Crippen molar-refractivity contribution in [1.82, 2.24) is 9.62 Å². The molecule has 0 aromatic heterocycles. The molecule has 6 nitrogen and oxygen atoms in total. The van der Waals surface area contributed by atoms with Gasteiger partial charge in [-0.15, -0.1) is 0 Å². The second-order valence-corrected chi connectivity index (χ2v) is 8.56. The molecule has 2 aromatic carbocycles. The Morgan fingerprint density at radius 2 is 1.96 bits per heavy atom. The Hall–Kier alpha value is -1.93. The largest absolute Gasteiger partial charge is 0.370 e. The lowest BCUT2D eigenvalue weighted by molar-refractivity contribution is -0.137. The number of rotatable bonds is 6. The predicted molar refractivity (Wildman–Crippen MR) is 104 cm³/mol. The summed E-state index contributed by atoms with van der Waals surface area (Å²) in [6.07, 6.45) is -0.202. The van der Waals surface area contributed by atoms with Crippen LogP contribution in [0.3, 0.4) is 0 Å². The zero-order valence-electron chi connectivity index (χ0n) is 14.7. The highest BCUT2D eigenvalue weighted by molar-refractivity contribution is 7.88. The first kappa shape index (κ1) is 19.8. The maximum atomic E-state index is 12.5. The number of morpholine rings is 1. The monoisotopic (exact) mass is 408 g/mol. The van der Waals surface area contributed by atoms with E-state index in [-0.39, 0.29) is 24.3 Å². The van der Waals surface area contributed by atoms with Gasteiger partial charge in [0.05, 0.1) is 25.4 Å². The summed E-state index contributed by atoms with van der Waals surface area (Å²) in [6.45, 7) is 0.988. The van der Waals surface area contributed by atoms with Gasteiger partial charge in [-0.25, -0.2) is 13.1 Å². The Bertz CT molecular complexity index is 890. The maximum Gasteiger partial charge on any atom is 0.237 e. The van der Waals surface area contributed by atoms with Crippen molar-refractivity contribution < 1.29 is 17.9 Å². The number of hydrogen-bond donors (Lipinski definition) is 1. The van der Waals surface area contributed by atoms with E-state index in [1.165, 1.54) is 0 Å². The van der Waals surface area contributed by atoms with E-state index in [1.54, 1.807) is 29.2 Å². The van der Waals surface area contributed by atoms with Crippen LogP contribution >= 0.6 is 11.6 Å². The molecule has 8 heteroatoms. The number of hydrogen-bond acceptors (Lipinski definition) is 4. The summed E-state index contributed by atoms with van der Waals surface area (Å²) in [4.78, 5) is 14.1. The molecular formula is C19H21ClN2O4S. The average Bonchev–Trinajstić information content (AvgIpc) is 2.67. The number of sulfonamides is 1. The number of amides is 1. The smallest absolute Gasteiger partial charge is 0.237 e. The average molecular weight is 409 g/mol. The second-order valence-electron chi connectivity index (χ2n) is 6.32. The third kappa shape index (κ3) is 5.77. The minimum absolute atomic E-state index is 0.202. The highest BCUT2D eigenvalue weighted by Gasteiger charge is 2.26. The van der Waals surface area contributed by atoms with Gasteiger partial charge in [-0.1, -0.05) is 54.1 Å². The van der Waals surface area contributed by atoms with Gasteiger partial charge in [0, 0.05) is 11.6 Å². The lowest BCUT2D eigenvalue weighted by Gasteiger charge is -2.33. The summed E-state index contributed by atoms with van der Waals surface area (Å²) < 4.78 is 32.6. The van der Waals surface area contributed by atoms with Crippen LogP contribution in [0.5, 0.6) is 0 Å². The van der Waals surface area contributed by atoms with Crippen LogP contribution < -0.4 is 4.72 Å². The van der Waals surface area contributed by atoms with Crippen molar-refractivity contribution >= 4 is 27.5 Å². The van der Waals surface area contributed by atoms with Gasteiger partial charge in [-0.2, -0.15) is 0 Å². The minimum Gasteiger partial charge on any atom is -0.370 e. The van der Waals surface area contributed by atoms with E-state index in [0.29, 0.717) is 30.3 Å². The molecule has 0 saturated carbocycles. The summed E-state index contributed by atoms with van der Waals surface area (Å²) in [5.74, 6) is -0.495. The van der Waals surface area contributed by atoms with Crippen LogP contribution in [0.4, 0.5) is 0 Å². The fourth-order valence-corrected chi connectivity index (χ4v) is 4.20. The van der Waals surface area contributed by atoms with E-state index in [2.05, 4.69) is 4.72 Å². The summed E-state index contributed by atoms with van der Waals surface area (Å²) in [6, 6.07) is 16.3. The van der Waals surface area contributed by atoms with Crippen LogP contribution in [-0.4, -0.2) is 45.5 Å². The van der Waals surface area contributed by atoms with Gasteiger partial charge in [0.15, 0.2) is 0 Å². The molecule has 0 aliphatic carbocycles. The Balaban J connectivity index is 1.55. The zero-order valence-corrected chi connectivity index (χ0v) is 16.2. The fraction of sp³-hybridized carbons (Fsp3) is 0.316. The lowest BCUT2D eigenvalue weighted by Crippen LogP contribution is -2.46. The molecule has 1 aliphatic rings. The van der Waals surface area contributed by atoms with Gasteiger partial charge in [0.1, 0.15) is 6.10 Å². The molecule has 1 fully saturated rings. The Morgan fingerprint density at radius 1 is 1.19 bits per heavy atom. The minimum atomic E-state index is -3.64. The number of halogens is 1. The third-order valence-corrected chi connectivity index (χ3v) is 5.81. The first-order chi connectivity index (χ1) is 12.9. The first-order valence-corrected chi connectivity index (χ1v) is 10.6. The molecule has 1 saturated heterocycles. The van der Waals surface area contributed by atoms with Crippen LogP contribution in [0.25, 0.3) is 0 Å². The van der Waals surface area contributed by atoms with E-state index in [0.717, 1.165) is 5.56 Å². The van der Waals surface area contributed by atoms with E-state index >= 15 is 0 Å². The number of nitrogens with zero attached hydrogens (tertiary/aromatic N) is 1. The fourth-order valence-electron chi connectivity index (χ4n) is 2.93. The molecule has 0 bridgehead atoms. The molecule has 1 N–H and O–H groups in total. The highest BCUT2D eigenvalue weighted by Crippen LogP contribution is 2.21. The van der Waals surface area contributed by atoms with Crippen molar-refractivity contribution in [3.8, 4) is 0 Å². The first-order valence-electron chi connectivity index (χ1n) is 8.59. The standard InChI is InChI=1S/C19H21ClN2O4S/c20-17-8-4-5-15(11-17)14-27(24,25)21-12-19(23)22-9-10-26-18(13-22)16-6-2-1-3-7-16/h1-8,11,18,21H,9-10,12-14H2. The number of carbonyl (C=O) groups is 1. The van der Waals surface area contributed by atoms with Crippen LogP contribution in [0.1, 0.15) is 17.2 Å². The molecule has 1 heterocycles. The molecule has 1 atom stereocenters. The van der Waals surface area contributed by atoms with Crippen molar-refractivity contribution in [3.63, 3.8) is 0 Å². The molecule has 3 rings (SSSR count). The predicted octanol–water partition coefficient (Wildman–Crippen LogP) is 2.36. The topological polar surface area (TPSA) is 75.7 Å². The van der Waals surface area contributed by atoms with Gasteiger partial charge in [-0.3, -0.25) is 4.79 Å². The Kier molecular flexibility index (Phi) is 6.49. The van der Waals surface area contributed by atoms with Crippen molar-refractivity contribution in [1.29, 1.82) is 0 Å². The number of carbonyl (C=O) groups excluding carboxylic acids is 1. The second kappa shape index (κ2) is 8.84. The molecule has 1 unspecified atom stereocenters. The number of ether oxygens (including phenoxy) is 1. The van der Waals surface area contributed by atoms with E-state index in [9.17, 15) is 13.2 Å². The van der Waals surface area contributed by atoms with E-state index in [4.69, 9.17) is 16.3 Å². The Morgan fingerprint density at radius 3 is 2.70 bits per heavy atom. The summed E-state index contributed by atoms with van der Waals surface area (Å²) >= 11 is 5.88. The van der Waals surface area contributed by atoms with Crippen molar-refractivity contribution in [2.45, 2.75) is 11.9 Å². The summed E-state index contributed by atoms with van der Waals surface area (Å²) in [7, 11) is -3.64. The molecule has 1 amide bonds. The molecule has 0 radical (unpaired) electrons. The quantitative estimate of drug-likeness (QED) is 0.796. The molecular weight excluding hydrogens is 388 g/mol. The van der Waals surface area contributed by atoms with Gasteiger partial charge < -0.3 is 9.64 Å². The van der Waals surface area contributed by atoms with Crippen molar-refractivity contribution in [3.05, 3.63) is 70.7 Å². The Labute approximate surface area is 164 Å². The summed E-state index contributed by atoms with van der Waals surface area (Å²) in [5, 5.41) is 0.471. The molecule has 144 valence electrons. The maximum absolute atomic E-state index is 12.5.